The number of carbonyl (C=O) groups is 1. The van der Waals surface area contributed by atoms with Crippen LogP contribution in [-0.2, 0) is 6.42 Å². The van der Waals surface area contributed by atoms with E-state index in [2.05, 4.69) is 4.98 Å². The Balaban J connectivity index is 2.37. The van der Waals surface area contributed by atoms with E-state index >= 15 is 0 Å². The van der Waals surface area contributed by atoms with E-state index in [-0.39, 0.29) is 5.75 Å². The lowest BCUT2D eigenvalue weighted by Crippen LogP contribution is -1.91. The molecule has 0 spiro atoms. The lowest BCUT2D eigenvalue weighted by Gasteiger charge is -2.07. The number of fused-ring (bicyclic) bond motifs is 3. The first-order chi connectivity index (χ1) is 11.0. The molecule has 3 aromatic rings. The molecular formula is C19H19NO3. The summed E-state index contributed by atoms with van der Waals surface area (Å²) in [6.45, 7) is 4.02. The summed E-state index contributed by atoms with van der Waals surface area (Å²) in [5.74, 6) is 0.800. The second-order valence-electron chi connectivity index (χ2n) is 5.86. The molecule has 1 heterocycles. The van der Waals surface area contributed by atoms with Crippen LogP contribution in [-0.4, -0.2) is 23.5 Å². The number of hydrogen-bond donors (Lipinski definition) is 2. The number of aromatic amines is 1. The predicted octanol–water partition coefficient (Wildman–Crippen LogP) is 4.36. The number of carbonyl (C=O) groups excluding carboxylic acids is 1. The van der Waals surface area contributed by atoms with Crippen LogP contribution >= 0.6 is 0 Å². The van der Waals surface area contributed by atoms with Gasteiger partial charge < -0.3 is 14.8 Å². The average molecular weight is 309 g/mol. The molecule has 0 bridgehead atoms. The van der Waals surface area contributed by atoms with E-state index < -0.39 is 0 Å². The number of aromatic nitrogens is 1. The third kappa shape index (κ3) is 2.57. The Morgan fingerprint density at radius 2 is 2.04 bits per heavy atom. The minimum atomic E-state index is 0.0449. The second kappa shape index (κ2) is 5.80. The zero-order valence-electron chi connectivity index (χ0n) is 13.4. The quantitative estimate of drug-likeness (QED) is 0.556. The van der Waals surface area contributed by atoms with Gasteiger partial charge in [0, 0.05) is 21.9 Å². The van der Waals surface area contributed by atoms with Crippen molar-refractivity contribution in [3.05, 3.63) is 47.0 Å². The highest BCUT2D eigenvalue weighted by atomic mass is 16.5. The van der Waals surface area contributed by atoms with Gasteiger partial charge in [-0.2, -0.15) is 0 Å². The fourth-order valence-electron chi connectivity index (χ4n) is 2.82. The fourth-order valence-corrected chi connectivity index (χ4v) is 2.82. The van der Waals surface area contributed by atoms with Crippen molar-refractivity contribution in [1.82, 2.24) is 4.98 Å². The van der Waals surface area contributed by atoms with Crippen molar-refractivity contribution in [3.8, 4) is 11.5 Å². The molecule has 0 radical (unpaired) electrons. The minimum Gasteiger partial charge on any atom is -0.507 e. The summed E-state index contributed by atoms with van der Waals surface area (Å²) in [4.78, 5) is 14.7. The highest BCUT2D eigenvalue weighted by Gasteiger charge is 2.16. The molecule has 4 nitrogen and oxygen atoms in total. The molecule has 23 heavy (non-hydrogen) atoms. The Bertz CT molecular complexity index is 931. The van der Waals surface area contributed by atoms with Gasteiger partial charge >= 0.3 is 0 Å². The summed E-state index contributed by atoms with van der Waals surface area (Å²) >= 11 is 0. The van der Waals surface area contributed by atoms with Crippen LogP contribution in [0.15, 0.2) is 35.9 Å². The van der Waals surface area contributed by atoms with E-state index in [1.165, 1.54) is 0 Å². The number of aldehydes is 1. The third-order valence-electron chi connectivity index (χ3n) is 4.05. The summed E-state index contributed by atoms with van der Waals surface area (Å²) in [5.41, 5.74) is 4.00. The van der Waals surface area contributed by atoms with Gasteiger partial charge in [0.25, 0.3) is 0 Å². The van der Waals surface area contributed by atoms with Crippen LogP contribution in [0.2, 0.25) is 0 Å². The predicted molar refractivity (Wildman–Crippen MR) is 92.5 cm³/mol. The Morgan fingerprint density at radius 3 is 2.70 bits per heavy atom. The van der Waals surface area contributed by atoms with E-state index in [4.69, 9.17) is 4.74 Å². The molecule has 4 heteroatoms. The molecule has 0 aliphatic carbocycles. The van der Waals surface area contributed by atoms with E-state index in [0.29, 0.717) is 18.3 Å². The number of rotatable bonds is 4. The van der Waals surface area contributed by atoms with E-state index in [1.807, 2.05) is 38.1 Å². The average Bonchev–Trinajstić information content (AvgIpc) is 2.90. The number of nitrogens with one attached hydrogen (secondary N) is 1. The third-order valence-corrected chi connectivity index (χ3v) is 4.05. The molecule has 1 aromatic heterocycles. The number of ether oxygens (including phenoxy) is 1. The molecule has 0 aliphatic rings. The Kier molecular flexibility index (Phi) is 3.82. The van der Waals surface area contributed by atoms with Gasteiger partial charge in [0.1, 0.15) is 11.5 Å². The van der Waals surface area contributed by atoms with Crippen molar-refractivity contribution >= 4 is 28.1 Å². The zero-order chi connectivity index (χ0) is 16.6. The number of aromatic hydroxyl groups is 1. The number of benzene rings is 2. The summed E-state index contributed by atoms with van der Waals surface area (Å²) in [5, 5.41) is 12.3. The van der Waals surface area contributed by atoms with Gasteiger partial charge in [0.2, 0.25) is 0 Å². The van der Waals surface area contributed by atoms with Crippen LogP contribution in [0.25, 0.3) is 21.8 Å². The maximum Gasteiger partial charge on any atom is 0.153 e. The summed E-state index contributed by atoms with van der Waals surface area (Å²) < 4.78 is 5.29. The summed E-state index contributed by atoms with van der Waals surface area (Å²) in [6.07, 6.45) is 3.30. The molecule has 0 saturated carbocycles. The second-order valence-corrected chi connectivity index (χ2v) is 5.86. The van der Waals surface area contributed by atoms with Gasteiger partial charge in [-0.15, -0.1) is 0 Å². The largest absolute Gasteiger partial charge is 0.507 e. The first-order valence-electron chi connectivity index (χ1n) is 7.48. The van der Waals surface area contributed by atoms with Crippen molar-refractivity contribution in [2.45, 2.75) is 20.3 Å². The zero-order valence-corrected chi connectivity index (χ0v) is 13.4. The molecule has 0 fully saturated rings. The SMILES string of the molecule is COc1ccc2[nH]c3c(CC=C(C)C)c(O)c(C=O)cc3c2c1. The number of phenols is 1. The van der Waals surface area contributed by atoms with Crippen LogP contribution in [0.4, 0.5) is 0 Å². The van der Waals surface area contributed by atoms with Crippen LogP contribution in [0.3, 0.4) is 0 Å². The van der Waals surface area contributed by atoms with Crippen molar-refractivity contribution in [1.29, 1.82) is 0 Å². The molecule has 118 valence electrons. The fraction of sp³-hybridized carbons (Fsp3) is 0.211. The van der Waals surface area contributed by atoms with Gasteiger partial charge in [-0.3, -0.25) is 4.79 Å². The van der Waals surface area contributed by atoms with Gasteiger partial charge in [-0.05, 0) is 44.5 Å². The highest BCUT2D eigenvalue weighted by molar-refractivity contribution is 6.11. The molecular weight excluding hydrogens is 290 g/mol. The van der Waals surface area contributed by atoms with Gasteiger partial charge in [0.05, 0.1) is 18.2 Å². The van der Waals surface area contributed by atoms with Crippen molar-refractivity contribution in [3.63, 3.8) is 0 Å². The molecule has 0 atom stereocenters. The first-order valence-corrected chi connectivity index (χ1v) is 7.48. The summed E-state index contributed by atoms with van der Waals surface area (Å²) in [6, 6.07) is 7.48. The molecule has 0 unspecified atom stereocenters. The van der Waals surface area contributed by atoms with Crippen LogP contribution in [0, 0.1) is 0 Å². The molecule has 2 aromatic carbocycles. The normalized spacial score (nSPS) is 10.9. The maximum absolute atomic E-state index is 11.3. The lowest BCUT2D eigenvalue weighted by molar-refractivity contribution is 0.112. The molecule has 0 amide bonds. The first kappa shape index (κ1) is 15.2. The summed E-state index contributed by atoms with van der Waals surface area (Å²) in [7, 11) is 1.62. The van der Waals surface area contributed by atoms with Gasteiger partial charge in [-0.25, -0.2) is 0 Å². The highest BCUT2D eigenvalue weighted by Crippen LogP contribution is 2.36. The standard InChI is InChI=1S/C19H19NO3/c1-11(2)4-6-14-18-16(8-12(10-21)19(14)22)15-9-13(23-3)5-7-17(15)20-18/h4-5,7-10,20,22H,6H2,1-3H3. The number of methoxy groups -OCH3 is 1. The minimum absolute atomic E-state index is 0.0449. The van der Waals surface area contributed by atoms with E-state index in [1.54, 1.807) is 13.2 Å². The maximum atomic E-state index is 11.3. The monoisotopic (exact) mass is 309 g/mol. The smallest absolute Gasteiger partial charge is 0.153 e. The van der Waals surface area contributed by atoms with Crippen LogP contribution in [0.1, 0.15) is 29.8 Å². The molecule has 2 N–H and O–H groups in total. The van der Waals surface area contributed by atoms with E-state index in [0.717, 1.165) is 38.7 Å². The van der Waals surface area contributed by atoms with Crippen molar-refractivity contribution < 1.29 is 14.6 Å². The lowest BCUT2D eigenvalue weighted by atomic mass is 10.0. The molecule has 0 saturated heterocycles. The number of phenolic OH excluding ortho intramolecular Hbond substituents is 1. The van der Waals surface area contributed by atoms with Crippen LogP contribution in [0.5, 0.6) is 11.5 Å². The van der Waals surface area contributed by atoms with Crippen LogP contribution < -0.4 is 4.74 Å². The Labute approximate surface area is 134 Å². The Hall–Kier alpha value is -2.75. The van der Waals surface area contributed by atoms with Crippen molar-refractivity contribution in [2.24, 2.45) is 0 Å². The molecule has 3 rings (SSSR count). The number of allylic oxidation sites excluding steroid dienone is 2. The number of H-pyrrole nitrogens is 1. The Morgan fingerprint density at radius 1 is 1.26 bits per heavy atom. The topological polar surface area (TPSA) is 62.3 Å². The van der Waals surface area contributed by atoms with Gasteiger partial charge in [0.15, 0.2) is 6.29 Å². The molecule has 0 aliphatic heterocycles. The van der Waals surface area contributed by atoms with Crippen molar-refractivity contribution in [2.75, 3.05) is 7.11 Å². The van der Waals surface area contributed by atoms with E-state index in [9.17, 15) is 9.90 Å². The number of hydrogen-bond acceptors (Lipinski definition) is 3. The van der Waals surface area contributed by atoms with Gasteiger partial charge in [-0.1, -0.05) is 11.6 Å².